The van der Waals surface area contributed by atoms with E-state index in [-0.39, 0.29) is 0 Å². The predicted octanol–water partition coefficient (Wildman–Crippen LogP) is 1.36. The molecule has 0 aromatic carbocycles. The Kier molecular flexibility index (Phi) is 10.9. The molecule has 1 unspecified atom stereocenters. The second kappa shape index (κ2) is 10.9. The number of nitrogens with one attached hydrogen (secondary N) is 1. The van der Waals surface area contributed by atoms with Crippen molar-refractivity contribution < 1.29 is 13.3 Å². The van der Waals surface area contributed by atoms with Crippen molar-refractivity contribution in [3.63, 3.8) is 0 Å². The highest BCUT2D eigenvalue weighted by atomic mass is 28.4. The van der Waals surface area contributed by atoms with Crippen molar-refractivity contribution in [3.05, 3.63) is 0 Å². The molecule has 0 aromatic rings. The van der Waals surface area contributed by atoms with Crippen LogP contribution in [0.2, 0.25) is 6.04 Å². The molecule has 0 saturated carbocycles. The molecule has 0 bridgehead atoms. The minimum Gasteiger partial charge on any atom is -0.377 e. The molecule has 5 nitrogen and oxygen atoms in total. The molecule has 0 aliphatic carbocycles. The third-order valence-corrected chi connectivity index (χ3v) is 6.09. The first-order valence-corrected chi connectivity index (χ1v) is 8.66. The zero-order valence-corrected chi connectivity index (χ0v) is 13.3. The summed E-state index contributed by atoms with van der Waals surface area (Å²) in [5.41, 5.74) is 5.45. The van der Waals surface area contributed by atoms with E-state index in [9.17, 15) is 0 Å². The summed E-state index contributed by atoms with van der Waals surface area (Å²) < 4.78 is 16.2. The molecule has 3 N–H and O–H groups in total. The maximum absolute atomic E-state index is 5.45. The van der Waals surface area contributed by atoms with Crippen LogP contribution in [-0.2, 0) is 13.3 Å². The fourth-order valence-electron chi connectivity index (χ4n) is 1.92. The van der Waals surface area contributed by atoms with Crippen LogP contribution in [0.25, 0.3) is 0 Å². The van der Waals surface area contributed by atoms with Gasteiger partial charge in [-0.3, -0.25) is 0 Å². The summed E-state index contributed by atoms with van der Waals surface area (Å²) in [4.78, 5) is 0. The number of hydrogen-bond acceptors (Lipinski definition) is 5. The highest BCUT2D eigenvalue weighted by Crippen LogP contribution is 2.15. The van der Waals surface area contributed by atoms with Crippen molar-refractivity contribution in [3.8, 4) is 0 Å². The first-order valence-electron chi connectivity index (χ1n) is 6.73. The Morgan fingerprint density at radius 2 is 1.56 bits per heavy atom. The first-order chi connectivity index (χ1) is 8.64. The lowest BCUT2D eigenvalue weighted by Gasteiger charge is -2.27. The lowest BCUT2D eigenvalue weighted by molar-refractivity contribution is 0.120. The Bertz CT molecular complexity index is 184. The molecule has 0 radical (unpaired) electrons. The van der Waals surface area contributed by atoms with E-state index in [2.05, 4.69) is 12.2 Å². The van der Waals surface area contributed by atoms with Crippen molar-refractivity contribution in [1.29, 1.82) is 0 Å². The SMILES string of the molecule is CO[Si](CC(C)NCCCCCCN)(OC)OC. The predicted molar refractivity (Wildman–Crippen MR) is 76.6 cm³/mol. The summed E-state index contributed by atoms with van der Waals surface area (Å²) in [7, 11) is 2.51. The quantitative estimate of drug-likeness (QED) is 0.417. The van der Waals surface area contributed by atoms with Crippen LogP contribution in [-0.4, -0.2) is 49.3 Å². The Morgan fingerprint density at radius 1 is 1.00 bits per heavy atom. The number of unbranched alkanes of at least 4 members (excludes halogenated alkanes) is 3. The van der Waals surface area contributed by atoms with Gasteiger partial charge in [0.25, 0.3) is 0 Å². The van der Waals surface area contributed by atoms with Gasteiger partial charge >= 0.3 is 8.80 Å². The summed E-state index contributed by atoms with van der Waals surface area (Å²) in [6.07, 6.45) is 4.77. The summed E-state index contributed by atoms with van der Waals surface area (Å²) in [6, 6.07) is 1.13. The van der Waals surface area contributed by atoms with Gasteiger partial charge in [-0.25, -0.2) is 0 Å². The zero-order valence-electron chi connectivity index (χ0n) is 12.3. The van der Waals surface area contributed by atoms with E-state index in [1.807, 2.05) is 0 Å². The highest BCUT2D eigenvalue weighted by Gasteiger charge is 2.39. The van der Waals surface area contributed by atoms with Crippen molar-refractivity contribution >= 4 is 8.80 Å². The third kappa shape index (κ3) is 7.45. The molecule has 6 heteroatoms. The maximum Gasteiger partial charge on any atom is 0.501 e. The van der Waals surface area contributed by atoms with E-state index in [0.29, 0.717) is 6.04 Å². The van der Waals surface area contributed by atoms with E-state index in [1.54, 1.807) is 21.3 Å². The lowest BCUT2D eigenvalue weighted by atomic mass is 10.2. The zero-order chi connectivity index (χ0) is 13.9. The van der Waals surface area contributed by atoms with Gasteiger partial charge in [0.2, 0.25) is 0 Å². The van der Waals surface area contributed by atoms with Crippen LogP contribution in [0.5, 0.6) is 0 Å². The second-order valence-electron chi connectivity index (χ2n) is 4.56. The van der Waals surface area contributed by atoms with Crippen molar-refractivity contribution in [2.75, 3.05) is 34.4 Å². The number of hydrogen-bond donors (Lipinski definition) is 2. The third-order valence-electron chi connectivity index (χ3n) is 3.11. The van der Waals surface area contributed by atoms with E-state index in [4.69, 9.17) is 19.0 Å². The number of nitrogens with two attached hydrogens (primary N) is 1. The van der Waals surface area contributed by atoms with Crippen LogP contribution in [0.3, 0.4) is 0 Å². The van der Waals surface area contributed by atoms with Crippen LogP contribution >= 0.6 is 0 Å². The standard InChI is InChI=1S/C12H30N2O3Si/c1-12(11-18(15-2,16-3)17-4)14-10-8-6-5-7-9-13/h12,14H,5-11,13H2,1-4H3. The van der Waals surface area contributed by atoms with Gasteiger partial charge in [-0.1, -0.05) is 12.8 Å². The van der Waals surface area contributed by atoms with Gasteiger partial charge in [-0.05, 0) is 32.9 Å². The molecule has 0 fully saturated rings. The fourth-order valence-corrected chi connectivity index (χ4v) is 3.81. The van der Waals surface area contributed by atoms with Crippen LogP contribution in [0.4, 0.5) is 0 Å². The van der Waals surface area contributed by atoms with Gasteiger partial charge in [0.1, 0.15) is 0 Å². The minimum absolute atomic E-state index is 0.339. The number of rotatable bonds is 12. The van der Waals surface area contributed by atoms with Gasteiger partial charge in [0.15, 0.2) is 0 Å². The minimum atomic E-state index is -2.44. The first kappa shape index (κ1) is 18.0. The molecular weight excluding hydrogens is 248 g/mol. The van der Waals surface area contributed by atoms with Crippen LogP contribution in [0.1, 0.15) is 32.6 Å². The largest absolute Gasteiger partial charge is 0.501 e. The summed E-state index contributed by atoms with van der Waals surface area (Å²) in [6.45, 7) is 3.96. The Morgan fingerprint density at radius 3 is 2.06 bits per heavy atom. The summed E-state index contributed by atoms with van der Waals surface area (Å²) >= 11 is 0. The normalized spacial score (nSPS) is 13.8. The lowest BCUT2D eigenvalue weighted by Crippen LogP contribution is -2.47. The molecule has 110 valence electrons. The molecule has 0 aliphatic rings. The summed E-state index contributed by atoms with van der Waals surface area (Å²) in [5.74, 6) is 0. The topological polar surface area (TPSA) is 65.7 Å². The average Bonchev–Trinajstić information content (AvgIpc) is 2.40. The Hall–Kier alpha value is 0.0169. The smallest absolute Gasteiger partial charge is 0.377 e. The van der Waals surface area contributed by atoms with Crippen LogP contribution in [0, 0.1) is 0 Å². The molecule has 0 amide bonds. The Labute approximate surface area is 113 Å². The maximum atomic E-state index is 5.45. The van der Waals surface area contributed by atoms with Gasteiger partial charge < -0.3 is 24.3 Å². The second-order valence-corrected chi connectivity index (χ2v) is 7.56. The van der Waals surface area contributed by atoms with Crippen molar-refractivity contribution in [2.24, 2.45) is 5.73 Å². The molecule has 0 aromatic heterocycles. The average molecular weight is 278 g/mol. The summed E-state index contributed by atoms with van der Waals surface area (Å²) in [5, 5.41) is 3.48. The molecule has 0 rings (SSSR count). The van der Waals surface area contributed by atoms with Gasteiger partial charge in [-0.2, -0.15) is 0 Å². The van der Waals surface area contributed by atoms with Gasteiger partial charge in [-0.15, -0.1) is 0 Å². The molecule has 0 aliphatic heterocycles. The van der Waals surface area contributed by atoms with E-state index < -0.39 is 8.80 Å². The van der Waals surface area contributed by atoms with Crippen molar-refractivity contribution in [1.82, 2.24) is 5.32 Å². The monoisotopic (exact) mass is 278 g/mol. The van der Waals surface area contributed by atoms with E-state index >= 15 is 0 Å². The molecule has 1 atom stereocenters. The van der Waals surface area contributed by atoms with E-state index in [0.717, 1.165) is 25.6 Å². The van der Waals surface area contributed by atoms with Crippen molar-refractivity contribution in [2.45, 2.75) is 44.7 Å². The molecule has 0 heterocycles. The van der Waals surface area contributed by atoms with Gasteiger partial charge in [0, 0.05) is 33.4 Å². The molecular formula is C12H30N2O3Si. The molecule has 18 heavy (non-hydrogen) atoms. The molecule has 0 saturated heterocycles. The molecule has 0 spiro atoms. The fraction of sp³-hybridized carbons (Fsp3) is 1.00. The highest BCUT2D eigenvalue weighted by molar-refractivity contribution is 6.60. The Balaban J connectivity index is 3.72. The van der Waals surface area contributed by atoms with Crippen LogP contribution < -0.4 is 11.1 Å². The van der Waals surface area contributed by atoms with Crippen LogP contribution in [0.15, 0.2) is 0 Å². The van der Waals surface area contributed by atoms with Gasteiger partial charge in [0.05, 0.1) is 0 Å². The van der Waals surface area contributed by atoms with E-state index in [1.165, 1.54) is 19.3 Å².